The average molecular weight is 404 g/mol. The zero-order chi connectivity index (χ0) is 20.5. The largest absolute Gasteiger partial charge is 0.370 e. The van der Waals surface area contributed by atoms with Crippen molar-refractivity contribution in [1.29, 1.82) is 0 Å². The molecular weight excluding hydrogens is 366 g/mol. The summed E-state index contributed by atoms with van der Waals surface area (Å²) in [5, 5.41) is 6.35. The Morgan fingerprint density at radius 3 is 2.62 bits per heavy atom. The first-order valence-corrected chi connectivity index (χ1v) is 11.1. The van der Waals surface area contributed by atoms with E-state index in [1.165, 1.54) is 0 Å². The van der Waals surface area contributed by atoms with Gasteiger partial charge in [0.25, 0.3) is 0 Å². The van der Waals surface area contributed by atoms with E-state index < -0.39 is 0 Å². The topological polar surface area (TPSA) is 76.6 Å². The van der Waals surface area contributed by atoms with Crippen molar-refractivity contribution in [1.82, 2.24) is 25.1 Å². The molecule has 1 aromatic rings. The van der Waals surface area contributed by atoms with Crippen LogP contribution in [0.5, 0.6) is 0 Å². The fourth-order valence-electron chi connectivity index (χ4n) is 4.10. The zero-order valence-electron chi connectivity index (χ0n) is 18.1. The highest BCUT2D eigenvalue weighted by molar-refractivity contribution is 5.75. The standard InChI is InChI=1S/C21H37N7O/c1-3-22-19-16-20(25-17-24-19)28-9-6-18(7-10-28)4-5-21(29)23-8-11-27-14-12-26(2)13-15-27/h16-18H,3-15H2,1-2H3,(H,23,29)(H,22,24,25). The van der Waals surface area contributed by atoms with Crippen molar-refractivity contribution in [3.8, 4) is 0 Å². The summed E-state index contributed by atoms with van der Waals surface area (Å²) in [4.78, 5) is 28.0. The Morgan fingerprint density at radius 2 is 1.90 bits per heavy atom. The quantitative estimate of drug-likeness (QED) is 0.643. The van der Waals surface area contributed by atoms with Gasteiger partial charge in [-0.15, -0.1) is 0 Å². The van der Waals surface area contributed by atoms with Crippen LogP contribution in [0.2, 0.25) is 0 Å². The number of likely N-dealkylation sites (N-methyl/N-ethyl adjacent to an activating group) is 1. The molecule has 0 aliphatic carbocycles. The van der Waals surface area contributed by atoms with Crippen LogP contribution in [-0.4, -0.2) is 91.6 Å². The van der Waals surface area contributed by atoms with E-state index in [2.05, 4.69) is 49.3 Å². The molecule has 1 amide bonds. The number of hydrogen-bond acceptors (Lipinski definition) is 7. The van der Waals surface area contributed by atoms with Crippen LogP contribution in [-0.2, 0) is 4.79 Å². The number of hydrogen-bond donors (Lipinski definition) is 2. The Bertz CT molecular complexity index is 625. The Balaban J connectivity index is 1.29. The predicted octanol–water partition coefficient (Wildman–Crippen LogP) is 1.27. The summed E-state index contributed by atoms with van der Waals surface area (Å²) in [6.07, 6.45) is 5.50. The molecule has 0 unspecified atom stereocenters. The number of amides is 1. The molecular formula is C21H37N7O. The smallest absolute Gasteiger partial charge is 0.220 e. The van der Waals surface area contributed by atoms with E-state index in [0.29, 0.717) is 12.3 Å². The molecule has 8 nitrogen and oxygen atoms in total. The van der Waals surface area contributed by atoms with Gasteiger partial charge >= 0.3 is 0 Å². The lowest BCUT2D eigenvalue weighted by Crippen LogP contribution is -2.46. The minimum Gasteiger partial charge on any atom is -0.370 e. The number of nitrogens with zero attached hydrogens (tertiary/aromatic N) is 5. The molecule has 3 heterocycles. The van der Waals surface area contributed by atoms with Gasteiger partial charge in [0, 0.05) is 71.4 Å². The third kappa shape index (κ3) is 7.12. The third-order valence-electron chi connectivity index (χ3n) is 6.07. The van der Waals surface area contributed by atoms with E-state index in [9.17, 15) is 4.79 Å². The first-order chi connectivity index (χ1) is 14.1. The fraction of sp³-hybridized carbons (Fsp3) is 0.762. The second kappa shape index (κ2) is 11.3. The summed E-state index contributed by atoms with van der Waals surface area (Å²) in [5.41, 5.74) is 0. The number of carbonyl (C=O) groups excluding carboxylic acids is 1. The van der Waals surface area contributed by atoms with E-state index in [1.807, 2.05) is 6.07 Å². The van der Waals surface area contributed by atoms with Crippen LogP contribution >= 0.6 is 0 Å². The molecule has 29 heavy (non-hydrogen) atoms. The van der Waals surface area contributed by atoms with Gasteiger partial charge in [0.15, 0.2) is 0 Å². The third-order valence-corrected chi connectivity index (χ3v) is 6.07. The van der Waals surface area contributed by atoms with Crippen LogP contribution in [0.25, 0.3) is 0 Å². The van der Waals surface area contributed by atoms with E-state index in [0.717, 1.165) is 89.8 Å². The summed E-state index contributed by atoms with van der Waals surface area (Å²) in [7, 11) is 2.16. The summed E-state index contributed by atoms with van der Waals surface area (Å²) in [5.74, 6) is 2.71. The maximum absolute atomic E-state index is 12.2. The summed E-state index contributed by atoms with van der Waals surface area (Å²) in [6.45, 7) is 11.1. The van der Waals surface area contributed by atoms with Gasteiger partial charge < -0.3 is 20.4 Å². The summed E-state index contributed by atoms with van der Waals surface area (Å²) < 4.78 is 0. The fourth-order valence-corrected chi connectivity index (χ4v) is 4.10. The molecule has 2 N–H and O–H groups in total. The lowest BCUT2D eigenvalue weighted by molar-refractivity contribution is -0.121. The molecule has 0 atom stereocenters. The van der Waals surface area contributed by atoms with Crippen LogP contribution < -0.4 is 15.5 Å². The molecule has 0 bridgehead atoms. The number of rotatable bonds is 9. The predicted molar refractivity (Wildman–Crippen MR) is 117 cm³/mol. The molecule has 2 aliphatic heterocycles. The number of nitrogens with one attached hydrogen (secondary N) is 2. The lowest BCUT2D eigenvalue weighted by atomic mass is 9.92. The van der Waals surface area contributed by atoms with Crippen molar-refractivity contribution in [2.45, 2.75) is 32.6 Å². The van der Waals surface area contributed by atoms with Crippen LogP contribution in [0.3, 0.4) is 0 Å². The van der Waals surface area contributed by atoms with Gasteiger partial charge in [-0.25, -0.2) is 9.97 Å². The molecule has 162 valence electrons. The lowest BCUT2D eigenvalue weighted by Gasteiger charge is -2.33. The second-order valence-electron chi connectivity index (χ2n) is 8.26. The van der Waals surface area contributed by atoms with Crippen molar-refractivity contribution in [2.24, 2.45) is 5.92 Å². The Kier molecular flexibility index (Phi) is 8.49. The molecule has 0 saturated carbocycles. The van der Waals surface area contributed by atoms with Gasteiger partial charge in [0.05, 0.1) is 0 Å². The molecule has 8 heteroatoms. The van der Waals surface area contributed by atoms with E-state index in [4.69, 9.17) is 0 Å². The average Bonchev–Trinajstić information content (AvgIpc) is 2.74. The Hall–Kier alpha value is -1.93. The first-order valence-electron chi connectivity index (χ1n) is 11.1. The summed E-state index contributed by atoms with van der Waals surface area (Å²) >= 11 is 0. The molecule has 2 fully saturated rings. The number of anilines is 2. The highest BCUT2D eigenvalue weighted by Gasteiger charge is 2.21. The van der Waals surface area contributed by atoms with Gasteiger partial charge in [0.2, 0.25) is 5.91 Å². The van der Waals surface area contributed by atoms with Crippen molar-refractivity contribution in [3.05, 3.63) is 12.4 Å². The number of aromatic nitrogens is 2. The number of piperidine rings is 1. The second-order valence-corrected chi connectivity index (χ2v) is 8.26. The van der Waals surface area contributed by atoms with Crippen molar-refractivity contribution in [2.75, 3.05) is 76.2 Å². The van der Waals surface area contributed by atoms with Gasteiger partial charge in [-0.1, -0.05) is 0 Å². The minimum absolute atomic E-state index is 0.202. The van der Waals surface area contributed by atoms with E-state index >= 15 is 0 Å². The van der Waals surface area contributed by atoms with E-state index in [-0.39, 0.29) is 5.91 Å². The van der Waals surface area contributed by atoms with Crippen molar-refractivity contribution < 1.29 is 4.79 Å². The van der Waals surface area contributed by atoms with Crippen LogP contribution in [0.15, 0.2) is 12.4 Å². The number of piperazine rings is 1. The van der Waals surface area contributed by atoms with Gasteiger partial charge in [-0.2, -0.15) is 0 Å². The molecule has 0 radical (unpaired) electrons. The SMILES string of the molecule is CCNc1cc(N2CCC(CCC(=O)NCCN3CCN(C)CC3)CC2)ncn1. The maximum atomic E-state index is 12.2. The highest BCUT2D eigenvalue weighted by Crippen LogP contribution is 2.25. The molecule has 3 rings (SSSR count). The first kappa shape index (κ1) is 21.8. The minimum atomic E-state index is 0.202. The molecule has 1 aromatic heterocycles. The number of carbonyl (C=O) groups is 1. The maximum Gasteiger partial charge on any atom is 0.220 e. The molecule has 0 aromatic carbocycles. The van der Waals surface area contributed by atoms with Gasteiger partial charge in [0.1, 0.15) is 18.0 Å². The highest BCUT2D eigenvalue weighted by atomic mass is 16.1. The van der Waals surface area contributed by atoms with Crippen LogP contribution in [0, 0.1) is 5.92 Å². The van der Waals surface area contributed by atoms with Crippen LogP contribution in [0.4, 0.5) is 11.6 Å². The van der Waals surface area contributed by atoms with Crippen LogP contribution in [0.1, 0.15) is 32.6 Å². The van der Waals surface area contributed by atoms with Gasteiger partial charge in [-0.05, 0) is 39.2 Å². The Morgan fingerprint density at radius 1 is 1.14 bits per heavy atom. The zero-order valence-corrected chi connectivity index (χ0v) is 18.1. The monoisotopic (exact) mass is 403 g/mol. The van der Waals surface area contributed by atoms with Gasteiger partial charge in [-0.3, -0.25) is 9.69 Å². The normalized spacial score (nSPS) is 19.3. The van der Waals surface area contributed by atoms with E-state index in [1.54, 1.807) is 6.33 Å². The molecule has 0 spiro atoms. The van der Waals surface area contributed by atoms with Crippen molar-refractivity contribution >= 4 is 17.5 Å². The summed E-state index contributed by atoms with van der Waals surface area (Å²) in [6, 6.07) is 2.03. The molecule has 2 saturated heterocycles. The molecule has 2 aliphatic rings. The van der Waals surface area contributed by atoms with Crippen molar-refractivity contribution in [3.63, 3.8) is 0 Å². The Labute approximate surface area is 175 Å².